The normalized spacial score (nSPS) is 36.8. The average Bonchev–Trinajstić information content (AvgIpc) is 2.62. The molecule has 1 fully saturated rings. The molecule has 4 N–H and O–H groups in total. The quantitative estimate of drug-likeness (QED) is 0.460. The number of nitrogens with zero attached hydrogens (tertiary/aromatic N) is 1. The van der Waals surface area contributed by atoms with Crippen molar-refractivity contribution in [1.29, 1.82) is 0 Å². The molecule has 0 amide bonds. The van der Waals surface area contributed by atoms with Gasteiger partial charge in [0.1, 0.15) is 11.2 Å². The van der Waals surface area contributed by atoms with E-state index in [-0.39, 0.29) is 4.77 Å². The van der Waals surface area contributed by atoms with Crippen LogP contribution < -0.4 is 0 Å². The number of alkyl halides is 1. The lowest BCUT2D eigenvalue weighted by atomic mass is 9.94. The molecule has 9 heteroatoms. The minimum Gasteiger partial charge on any atom is -0.390 e. The summed E-state index contributed by atoms with van der Waals surface area (Å²) >= 11 is 9.86. The molecule has 108 valence electrons. The summed E-state index contributed by atoms with van der Waals surface area (Å²) < 4.78 is 20.6. The van der Waals surface area contributed by atoms with Gasteiger partial charge in [0.05, 0.1) is 0 Å². The number of aliphatic hydroxyl groups excluding tert-OH is 2. The van der Waals surface area contributed by atoms with Gasteiger partial charge in [0.2, 0.25) is 5.60 Å². The van der Waals surface area contributed by atoms with E-state index in [4.69, 9.17) is 40.7 Å². The molecule has 1 aromatic heterocycles. The van der Waals surface area contributed by atoms with Gasteiger partial charge in [0.15, 0.2) is 17.1 Å². The van der Waals surface area contributed by atoms with Gasteiger partial charge in [-0.05, 0) is 18.3 Å². The molecular weight excluding hydrogens is 307 g/mol. The highest BCUT2D eigenvalue weighted by molar-refractivity contribution is 7.72. The van der Waals surface area contributed by atoms with Crippen LogP contribution >= 0.6 is 24.4 Å². The zero-order chi connectivity index (χ0) is 15.1. The predicted octanol–water partition coefficient (Wildman–Crippen LogP) is 0.187. The van der Waals surface area contributed by atoms with Crippen LogP contribution in [0, 0.1) is 21.8 Å². The molecule has 0 spiro atoms. The summed E-state index contributed by atoms with van der Waals surface area (Å²) in [6.45, 7) is -1.18. The van der Waals surface area contributed by atoms with Crippen molar-refractivity contribution in [3.05, 3.63) is 21.7 Å². The van der Waals surface area contributed by atoms with Crippen LogP contribution in [0.15, 0.2) is 12.3 Å². The number of aliphatic hydroxyl groups is 3. The van der Waals surface area contributed by atoms with Crippen molar-refractivity contribution in [3.8, 4) is 12.3 Å². The zero-order valence-corrected chi connectivity index (χ0v) is 11.6. The first kappa shape index (κ1) is 15.2. The third-order valence-electron chi connectivity index (χ3n) is 3.06. The smallest absolute Gasteiger partial charge is 0.264 e. The van der Waals surface area contributed by atoms with Crippen LogP contribution in [0.2, 0.25) is 0 Å². The molecule has 0 saturated carbocycles. The fraction of sp³-hybridized carbons (Fsp3) is 0.455. The maximum Gasteiger partial charge on any atom is 0.264 e. The summed E-state index contributed by atoms with van der Waals surface area (Å²) in [5.74, 6) is -1.00. The Kier molecular flexibility index (Phi) is 3.81. The van der Waals surface area contributed by atoms with Gasteiger partial charge in [-0.1, -0.05) is 18.1 Å². The van der Waals surface area contributed by atoms with E-state index in [1.165, 1.54) is 12.3 Å². The van der Waals surface area contributed by atoms with Crippen molar-refractivity contribution in [2.45, 2.75) is 23.8 Å². The van der Waals surface area contributed by atoms with Gasteiger partial charge in [0, 0.05) is 6.20 Å². The summed E-state index contributed by atoms with van der Waals surface area (Å²) in [4.78, 5) is 2.60. The Morgan fingerprint density at radius 2 is 2.25 bits per heavy atom. The van der Waals surface area contributed by atoms with E-state index < -0.39 is 30.4 Å². The molecule has 20 heavy (non-hydrogen) atoms. The van der Waals surface area contributed by atoms with Crippen molar-refractivity contribution in [3.63, 3.8) is 0 Å². The number of terminal acetylenes is 1. The molecule has 1 aliphatic rings. The Morgan fingerprint density at radius 3 is 2.75 bits per heavy atom. The molecule has 4 atom stereocenters. The number of nitrogens with one attached hydrogen (secondary N) is 1. The van der Waals surface area contributed by atoms with Crippen molar-refractivity contribution in [2.75, 3.05) is 6.61 Å². The third kappa shape index (κ3) is 2.10. The van der Waals surface area contributed by atoms with E-state index in [1.54, 1.807) is 0 Å². The van der Waals surface area contributed by atoms with Gasteiger partial charge >= 0.3 is 0 Å². The number of aromatic amines is 1. The second-order valence-corrected chi connectivity index (χ2v) is 5.13. The molecule has 1 aromatic rings. The first-order valence-corrected chi connectivity index (χ1v) is 6.27. The highest BCUT2D eigenvalue weighted by Gasteiger charge is 2.64. The lowest BCUT2D eigenvalue weighted by molar-refractivity contribution is -0.207. The minimum atomic E-state index is -2.90. The van der Waals surface area contributed by atoms with Crippen molar-refractivity contribution >= 4 is 24.4 Å². The van der Waals surface area contributed by atoms with Crippen LogP contribution in [0.1, 0.15) is 6.23 Å². The molecule has 2 rings (SSSR count). The minimum absolute atomic E-state index is 0.0190. The van der Waals surface area contributed by atoms with E-state index in [2.05, 4.69) is 4.98 Å². The predicted molar refractivity (Wildman–Crippen MR) is 71.3 cm³/mol. The van der Waals surface area contributed by atoms with Gasteiger partial charge < -0.3 is 25.0 Å². The molecular formula is C11H11FN2O4S2. The Morgan fingerprint density at radius 1 is 1.60 bits per heavy atom. The van der Waals surface area contributed by atoms with Gasteiger partial charge in [0.25, 0.3) is 5.85 Å². The summed E-state index contributed by atoms with van der Waals surface area (Å²) in [7, 11) is 0. The summed E-state index contributed by atoms with van der Waals surface area (Å²) in [6.07, 6.45) is 2.86. The van der Waals surface area contributed by atoms with Gasteiger partial charge in [-0.15, -0.1) is 6.42 Å². The van der Waals surface area contributed by atoms with E-state index in [0.29, 0.717) is 4.64 Å². The van der Waals surface area contributed by atoms with E-state index in [1.807, 2.05) is 5.92 Å². The second-order valence-electron chi connectivity index (χ2n) is 4.30. The zero-order valence-electron chi connectivity index (χ0n) is 9.99. The number of aromatic nitrogens is 2. The molecule has 0 aliphatic carbocycles. The Bertz CT molecular complexity index is 684. The highest BCUT2D eigenvalue weighted by atomic mass is 32.1. The summed E-state index contributed by atoms with van der Waals surface area (Å²) in [6, 6.07) is 1.43. The first-order valence-electron chi connectivity index (χ1n) is 5.46. The second kappa shape index (κ2) is 5.00. The van der Waals surface area contributed by atoms with E-state index in [0.717, 1.165) is 4.57 Å². The van der Waals surface area contributed by atoms with Crippen LogP contribution in [-0.2, 0) is 4.74 Å². The van der Waals surface area contributed by atoms with Crippen LogP contribution in [0.3, 0.4) is 0 Å². The Balaban J connectivity index is 2.59. The van der Waals surface area contributed by atoms with Gasteiger partial charge in [-0.25, -0.2) is 4.39 Å². The fourth-order valence-electron chi connectivity index (χ4n) is 1.96. The lowest BCUT2D eigenvalue weighted by Gasteiger charge is -2.26. The van der Waals surface area contributed by atoms with Crippen LogP contribution in [-0.4, -0.2) is 49.0 Å². The van der Waals surface area contributed by atoms with E-state index in [9.17, 15) is 14.6 Å². The Labute approximate surface area is 123 Å². The largest absolute Gasteiger partial charge is 0.390 e. The van der Waals surface area contributed by atoms with Gasteiger partial charge in [-0.3, -0.25) is 4.57 Å². The van der Waals surface area contributed by atoms with Crippen LogP contribution in [0.25, 0.3) is 0 Å². The lowest BCUT2D eigenvalue weighted by Crippen LogP contribution is -2.49. The highest BCUT2D eigenvalue weighted by Crippen LogP contribution is 2.44. The number of hydrogen-bond donors (Lipinski definition) is 4. The standard InChI is InChI=1S/C11H11FN2O4S2/c1-2-10(17)7(16)11(12,5-15)18-8(10)14-4-3-6(19)13-9(14)20/h1,3-4,7-8,15-17H,5H2,(H,13,19,20). The molecule has 6 nitrogen and oxygen atoms in total. The van der Waals surface area contributed by atoms with Crippen LogP contribution in [0.4, 0.5) is 4.39 Å². The maximum absolute atomic E-state index is 14.2. The molecule has 0 bridgehead atoms. The van der Waals surface area contributed by atoms with Crippen molar-refractivity contribution in [2.24, 2.45) is 0 Å². The summed E-state index contributed by atoms with van der Waals surface area (Å²) in [5, 5.41) is 29.1. The molecule has 1 saturated heterocycles. The number of rotatable bonds is 2. The molecule has 0 aromatic carbocycles. The number of halogens is 1. The van der Waals surface area contributed by atoms with Crippen LogP contribution in [0.5, 0.6) is 0 Å². The molecule has 2 heterocycles. The Hall–Kier alpha value is -1.15. The topological polar surface area (TPSA) is 90.6 Å². The molecule has 0 radical (unpaired) electrons. The molecule has 1 aliphatic heterocycles. The third-order valence-corrected chi connectivity index (χ3v) is 3.61. The summed E-state index contributed by atoms with van der Waals surface area (Å²) in [5.41, 5.74) is -2.40. The SMILES string of the molecule is C#CC1(O)C(n2ccc(=S)[nH]c2=S)OC(F)(CO)C1O. The van der Waals surface area contributed by atoms with Gasteiger partial charge in [-0.2, -0.15) is 0 Å². The van der Waals surface area contributed by atoms with Crippen molar-refractivity contribution < 1.29 is 24.4 Å². The average molecular weight is 318 g/mol. The maximum atomic E-state index is 14.2. The van der Waals surface area contributed by atoms with E-state index >= 15 is 0 Å². The van der Waals surface area contributed by atoms with Crippen molar-refractivity contribution in [1.82, 2.24) is 9.55 Å². The molecule has 4 unspecified atom stereocenters. The number of ether oxygens (including phenoxy) is 1. The monoisotopic (exact) mass is 318 g/mol. The first-order chi connectivity index (χ1) is 9.28. The number of H-pyrrole nitrogens is 1. The fourth-order valence-corrected chi connectivity index (χ4v) is 2.45. The number of hydrogen-bond acceptors (Lipinski definition) is 6.